The molecule has 0 saturated carbocycles. The van der Waals surface area contributed by atoms with Gasteiger partial charge in [0.2, 0.25) is 0 Å². The lowest BCUT2D eigenvalue weighted by Gasteiger charge is -2.21. The zero-order valence-corrected chi connectivity index (χ0v) is 12.1. The van der Waals surface area contributed by atoms with Gasteiger partial charge in [-0.25, -0.2) is 4.98 Å². The molecule has 0 spiro atoms. The van der Waals surface area contributed by atoms with Gasteiger partial charge in [0, 0.05) is 23.1 Å². The van der Waals surface area contributed by atoms with E-state index >= 15 is 0 Å². The first-order chi connectivity index (χ1) is 8.86. The predicted molar refractivity (Wildman–Crippen MR) is 78.0 cm³/mol. The Morgan fingerprint density at radius 2 is 1.74 bits per heavy atom. The smallest absolute Gasteiger partial charge is 0.131 e. The molecule has 102 valence electrons. The second-order valence-electron chi connectivity index (χ2n) is 5.57. The Bertz CT molecular complexity index is 616. The second kappa shape index (κ2) is 4.61. The molecule has 0 aliphatic rings. The summed E-state index contributed by atoms with van der Waals surface area (Å²) in [6.07, 6.45) is 0. The zero-order chi connectivity index (χ0) is 14.2. The number of methoxy groups -OCH3 is 2. The summed E-state index contributed by atoms with van der Waals surface area (Å²) in [5, 5.41) is 0.947. The van der Waals surface area contributed by atoms with Crippen LogP contribution in [0.1, 0.15) is 26.3 Å². The largest absolute Gasteiger partial charge is 0.497 e. The second-order valence-corrected chi connectivity index (χ2v) is 5.57. The first-order valence-electron chi connectivity index (χ1n) is 6.19. The molecule has 2 aromatic rings. The van der Waals surface area contributed by atoms with E-state index in [0.29, 0.717) is 11.6 Å². The number of nitrogens with zero attached hydrogens (tertiary/aromatic N) is 1. The third-order valence-electron chi connectivity index (χ3n) is 3.16. The van der Waals surface area contributed by atoms with Gasteiger partial charge >= 0.3 is 0 Å². The molecule has 4 nitrogen and oxygen atoms in total. The van der Waals surface area contributed by atoms with E-state index in [1.165, 1.54) is 0 Å². The van der Waals surface area contributed by atoms with E-state index in [1.807, 2.05) is 12.1 Å². The topological polar surface area (TPSA) is 57.4 Å². The lowest BCUT2D eigenvalue weighted by atomic mass is 9.86. The molecule has 1 heterocycles. The predicted octanol–water partition coefficient (Wildman–Crippen LogP) is 3.13. The third-order valence-corrected chi connectivity index (χ3v) is 3.16. The lowest BCUT2D eigenvalue weighted by molar-refractivity contribution is 0.398. The van der Waals surface area contributed by atoms with Crippen molar-refractivity contribution in [3.05, 3.63) is 23.8 Å². The molecule has 0 bridgehead atoms. The van der Waals surface area contributed by atoms with Crippen LogP contribution in [0.5, 0.6) is 11.5 Å². The number of ether oxygens (including phenoxy) is 2. The quantitative estimate of drug-likeness (QED) is 0.901. The van der Waals surface area contributed by atoms with Gasteiger partial charge in [-0.3, -0.25) is 0 Å². The molecule has 0 saturated heterocycles. The molecule has 0 unspecified atom stereocenters. The normalized spacial score (nSPS) is 11.6. The van der Waals surface area contributed by atoms with Crippen molar-refractivity contribution in [1.29, 1.82) is 0 Å². The zero-order valence-electron chi connectivity index (χ0n) is 12.1. The molecule has 2 rings (SSSR count). The van der Waals surface area contributed by atoms with Crippen LogP contribution >= 0.6 is 0 Å². The van der Waals surface area contributed by atoms with Crippen LogP contribution in [0.15, 0.2) is 18.2 Å². The number of aromatic nitrogens is 1. The number of anilines is 1. The lowest BCUT2D eigenvalue weighted by Crippen LogP contribution is -2.15. The van der Waals surface area contributed by atoms with Gasteiger partial charge in [0.05, 0.1) is 19.7 Å². The summed E-state index contributed by atoms with van der Waals surface area (Å²) in [4.78, 5) is 4.48. The maximum atomic E-state index is 6.06. The van der Waals surface area contributed by atoms with Gasteiger partial charge in [-0.1, -0.05) is 20.8 Å². The Labute approximate surface area is 113 Å². The highest BCUT2D eigenvalue weighted by atomic mass is 16.5. The highest BCUT2D eigenvalue weighted by Crippen LogP contribution is 2.35. The van der Waals surface area contributed by atoms with Crippen molar-refractivity contribution >= 4 is 16.7 Å². The molecule has 0 radical (unpaired) electrons. The number of benzene rings is 1. The summed E-state index contributed by atoms with van der Waals surface area (Å²) in [5.41, 5.74) is 7.80. The summed E-state index contributed by atoms with van der Waals surface area (Å²) in [7, 11) is 3.26. The van der Waals surface area contributed by atoms with Crippen LogP contribution in [0.25, 0.3) is 10.9 Å². The number of hydrogen-bond acceptors (Lipinski definition) is 4. The van der Waals surface area contributed by atoms with Gasteiger partial charge in [0.1, 0.15) is 17.3 Å². The SMILES string of the molecule is COc1cc(OC)c2cc(C(C)(C)C)c(N)nc2c1. The molecular weight excluding hydrogens is 240 g/mol. The molecule has 0 fully saturated rings. The minimum atomic E-state index is -0.0593. The minimum absolute atomic E-state index is 0.0593. The number of rotatable bonds is 2. The first-order valence-corrected chi connectivity index (χ1v) is 6.19. The summed E-state index contributed by atoms with van der Waals surface area (Å²) in [6.45, 7) is 6.34. The Morgan fingerprint density at radius 3 is 2.26 bits per heavy atom. The highest BCUT2D eigenvalue weighted by molar-refractivity contribution is 5.89. The van der Waals surface area contributed by atoms with E-state index in [-0.39, 0.29) is 5.41 Å². The number of pyridine rings is 1. The monoisotopic (exact) mass is 260 g/mol. The van der Waals surface area contributed by atoms with Crippen LogP contribution in [0.3, 0.4) is 0 Å². The number of fused-ring (bicyclic) bond motifs is 1. The first kappa shape index (κ1) is 13.5. The van der Waals surface area contributed by atoms with E-state index in [2.05, 4.69) is 31.8 Å². The van der Waals surface area contributed by atoms with Crippen LogP contribution in [-0.2, 0) is 5.41 Å². The van der Waals surface area contributed by atoms with Gasteiger partial charge in [-0.05, 0) is 11.5 Å². The molecule has 2 N–H and O–H groups in total. The molecule has 1 aromatic carbocycles. The fourth-order valence-electron chi connectivity index (χ4n) is 2.12. The average molecular weight is 260 g/mol. The molecule has 4 heteroatoms. The summed E-state index contributed by atoms with van der Waals surface area (Å²) in [6, 6.07) is 5.77. The van der Waals surface area contributed by atoms with Gasteiger partial charge in [-0.2, -0.15) is 0 Å². The van der Waals surface area contributed by atoms with Crippen LogP contribution in [0.2, 0.25) is 0 Å². The molecule has 1 aromatic heterocycles. The van der Waals surface area contributed by atoms with Crippen molar-refractivity contribution in [2.45, 2.75) is 26.2 Å². The van der Waals surface area contributed by atoms with Crippen molar-refractivity contribution in [2.75, 3.05) is 20.0 Å². The maximum absolute atomic E-state index is 6.06. The number of nitrogens with two attached hydrogens (primary N) is 1. The molecular formula is C15H20N2O2. The van der Waals surface area contributed by atoms with Crippen LogP contribution in [0.4, 0.5) is 5.82 Å². The summed E-state index contributed by atoms with van der Waals surface area (Å²) in [5.74, 6) is 2.00. The fourth-order valence-corrected chi connectivity index (χ4v) is 2.12. The summed E-state index contributed by atoms with van der Waals surface area (Å²) < 4.78 is 10.7. The van der Waals surface area contributed by atoms with E-state index < -0.39 is 0 Å². The highest BCUT2D eigenvalue weighted by Gasteiger charge is 2.20. The van der Waals surface area contributed by atoms with E-state index in [1.54, 1.807) is 14.2 Å². The van der Waals surface area contributed by atoms with Crippen molar-refractivity contribution in [2.24, 2.45) is 0 Å². The van der Waals surface area contributed by atoms with Crippen LogP contribution in [-0.4, -0.2) is 19.2 Å². The summed E-state index contributed by atoms with van der Waals surface area (Å²) >= 11 is 0. The molecule has 0 aliphatic carbocycles. The Balaban J connectivity index is 2.78. The Hall–Kier alpha value is -1.97. The molecule has 0 aliphatic heterocycles. The van der Waals surface area contributed by atoms with Gasteiger partial charge in [0.15, 0.2) is 0 Å². The average Bonchev–Trinajstić information content (AvgIpc) is 2.34. The Morgan fingerprint density at radius 1 is 1.05 bits per heavy atom. The van der Waals surface area contributed by atoms with Crippen molar-refractivity contribution < 1.29 is 9.47 Å². The van der Waals surface area contributed by atoms with Gasteiger partial charge in [0.25, 0.3) is 0 Å². The van der Waals surface area contributed by atoms with Crippen LogP contribution < -0.4 is 15.2 Å². The third kappa shape index (κ3) is 2.43. The van der Waals surface area contributed by atoms with Crippen molar-refractivity contribution in [3.8, 4) is 11.5 Å². The molecule has 19 heavy (non-hydrogen) atoms. The number of hydrogen-bond donors (Lipinski definition) is 1. The van der Waals surface area contributed by atoms with Gasteiger partial charge in [-0.15, -0.1) is 0 Å². The van der Waals surface area contributed by atoms with Crippen molar-refractivity contribution in [1.82, 2.24) is 4.98 Å². The standard InChI is InChI=1S/C15H20N2O2/c1-15(2,3)11-8-10-12(17-14(11)16)6-9(18-4)7-13(10)19-5/h6-8H,1-5H3,(H2,16,17). The molecule has 0 amide bonds. The Kier molecular flexibility index (Phi) is 3.27. The fraction of sp³-hybridized carbons (Fsp3) is 0.400. The van der Waals surface area contributed by atoms with E-state index in [4.69, 9.17) is 15.2 Å². The van der Waals surface area contributed by atoms with Crippen LogP contribution in [0, 0.1) is 0 Å². The van der Waals surface area contributed by atoms with E-state index in [9.17, 15) is 0 Å². The maximum Gasteiger partial charge on any atom is 0.131 e. The van der Waals surface area contributed by atoms with Crippen molar-refractivity contribution in [3.63, 3.8) is 0 Å². The minimum Gasteiger partial charge on any atom is -0.497 e. The van der Waals surface area contributed by atoms with Gasteiger partial charge < -0.3 is 15.2 Å². The molecule has 0 atom stereocenters. The van der Waals surface area contributed by atoms with E-state index in [0.717, 1.165) is 22.2 Å². The number of nitrogen functional groups attached to an aromatic ring is 1.